The monoisotopic (exact) mass is 261 g/mol. The Morgan fingerprint density at radius 1 is 1.26 bits per heavy atom. The second kappa shape index (κ2) is 6.08. The van der Waals surface area contributed by atoms with E-state index in [0.717, 1.165) is 25.4 Å². The topological polar surface area (TPSA) is 29.9 Å². The van der Waals surface area contributed by atoms with Gasteiger partial charge >= 0.3 is 0 Å². The smallest absolute Gasteiger partial charge is 0.109 e. The molecule has 2 heterocycles. The van der Waals surface area contributed by atoms with E-state index in [9.17, 15) is 0 Å². The normalized spacial score (nSPS) is 20.5. The number of hydrogen-bond acceptors (Lipinski definition) is 2. The fourth-order valence-electron chi connectivity index (χ4n) is 3.68. The lowest BCUT2D eigenvalue weighted by Gasteiger charge is -2.25. The summed E-state index contributed by atoms with van der Waals surface area (Å²) in [6.45, 7) is 5.59. The van der Waals surface area contributed by atoms with E-state index in [1.807, 2.05) is 0 Å². The van der Waals surface area contributed by atoms with Gasteiger partial charge in [0.1, 0.15) is 5.82 Å². The van der Waals surface area contributed by atoms with E-state index in [2.05, 4.69) is 16.8 Å². The molecule has 1 fully saturated rings. The van der Waals surface area contributed by atoms with E-state index in [4.69, 9.17) is 4.98 Å². The predicted octanol–water partition coefficient (Wildman–Crippen LogP) is 3.06. The highest BCUT2D eigenvalue weighted by Crippen LogP contribution is 2.27. The summed E-state index contributed by atoms with van der Waals surface area (Å²) >= 11 is 0. The molecule has 0 atom stereocenters. The molecule has 3 heteroatoms. The number of imidazole rings is 1. The third-order valence-electron chi connectivity index (χ3n) is 4.70. The molecule has 0 saturated heterocycles. The third-order valence-corrected chi connectivity index (χ3v) is 4.70. The van der Waals surface area contributed by atoms with Gasteiger partial charge in [-0.1, -0.05) is 26.2 Å². The van der Waals surface area contributed by atoms with Crippen molar-refractivity contribution in [3.8, 4) is 0 Å². The van der Waals surface area contributed by atoms with Crippen molar-refractivity contribution in [1.82, 2.24) is 14.9 Å². The first-order valence-corrected chi connectivity index (χ1v) is 8.16. The fraction of sp³-hybridized carbons (Fsp3) is 0.812. The van der Waals surface area contributed by atoms with Gasteiger partial charge in [-0.3, -0.25) is 0 Å². The maximum absolute atomic E-state index is 4.91. The minimum Gasteiger partial charge on any atom is -0.331 e. The van der Waals surface area contributed by atoms with Crippen LogP contribution in [0.5, 0.6) is 0 Å². The van der Waals surface area contributed by atoms with E-state index in [1.54, 1.807) is 0 Å². The first-order valence-electron chi connectivity index (χ1n) is 8.16. The molecule has 1 aliphatic carbocycles. The minimum atomic E-state index is 0.901. The summed E-state index contributed by atoms with van der Waals surface area (Å²) in [5.41, 5.74) is 2.86. The largest absolute Gasteiger partial charge is 0.331 e. The second-order valence-electron chi connectivity index (χ2n) is 6.21. The van der Waals surface area contributed by atoms with Gasteiger partial charge < -0.3 is 9.88 Å². The lowest BCUT2D eigenvalue weighted by molar-refractivity contribution is 0.312. The van der Waals surface area contributed by atoms with E-state index in [0.29, 0.717) is 0 Å². The molecule has 0 unspecified atom stereocenters. The average Bonchev–Trinajstić information content (AvgIpc) is 2.79. The quantitative estimate of drug-likeness (QED) is 0.902. The van der Waals surface area contributed by atoms with Crippen LogP contribution in [0.4, 0.5) is 0 Å². The number of nitrogens with zero attached hydrogens (tertiary/aromatic N) is 2. The van der Waals surface area contributed by atoms with Crippen molar-refractivity contribution in [1.29, 1.82) is 0 Å². The number of hydrogen-bond donors (Lipinski definition) is 1. The van der Waals surface area contributed by atoms with Gasteiger partial charge in [0.25, 0.3) is 0 Å². The Morgan fingerprint density at radius 2 is 2.11 bits per heavy atom. The Balaban J connectivity index is 1.82. The Labute approximate surface area is 116 Å². The van der Waals surface area contributed by atoms with Gasteiger partial charge in [-0.15, -0.1) is 0 Å². The molecule has 1 aromatic rings. The highest BCUT2D eigenvalue weighted by molar-refractivity contribution is 5.20. The van der Waals surface area contributed by atoms with Crippen LogP contribution in [0, 0.1) is 5.92 Å². The molecule has 19 heavy (non-hydrogen) atoms. The SMILES string of the molecule is CCCc1nc2c(n1CC1CCCCC1)CCNC2. The molecule has 1 N–H and O–H groups in total. The zero-order valence-electron chi connectivity index (χ0n) is 12.2. The van der Waals surface area contributed by atoms with Crippen molar-refractivity contribution in [2.24, 2.45) is 5.92 Å². The van der Waals surface area contributed by atoms with Crippen LogP contribution in [0.15, 0.2) is 0 Å². The number of nitrogens with one attached hydrogen (secondary N) is 1. The minimum absolute atomic E-state index is 0.901. The third kappa shape index (κ3) is 2.86. The summed E-state index contributed by atoms with van der Waals surface area (Å²) < 4.78 is 2.59. The summed E-state index contributed by atoms with van der Waals surface area (Å²) in [6.07, 6.45) is 10.7. The Hall–Kier alpha value is -0.830. The molecule has 0 radical (unpaired) electrons. The molecule has 0 amide bonds. The maximum Gasteiger partial charge on any atom is 0.109 e. The Bertz CT molecular complexity index is 416. The number of aromatic nitrogens is 2. The molecule has 3 nitrogen and oxygen atoms in total. The van der Waals surface area contributed by atoms with Gasteiger partial charge in [-0.05, 0) is 25.2 Å². The number of fused-ring (bicyclic) bond motifs is 1. The van der Waals surface area contributed by atoms with E-state index in [1.165, 1.54) is 68.7 Å². The molecular formula is C16H27N3. The van der Waals surface area contributed by atoms with Crippen molar-refractivity contribution < 1.29 is 0 Å². The van der Waals surface area contributed by atoms with Gasteiger partial charge in [-0.2, -0.15) is 0 Å². The lowest BCUT2D eigenvalue weighted by atomic mass is 9.89. The van der Waals surface area contributed by atoms with Crippen LogP contribution >= 0.6 is 0 Å². The van der Waals surface area contributed by atoms with Crippen LogP contribution < -0.4 is 5.32 Å². The van der Waals surface area contributed by atoms with Crippen molar-refractivity contribution >= 4 is 0 Å². The molecule has 106 valence electrons. The van der Waals surface area contributed by atoms with Gasteiger partial charge in [0.05, 0.1) is 5.69 Å². The predicted molar refractivity (Wildman–Crippen MR) is 78.2 cm³/mol. The summed E-state index contributed by atoms with van der Waals surface area (Å²) in [7, 11) is 0. The van der Waals surface area contributed by atoms with Gasteiger partial charge in [0.15, 0.2) is 0 Å². The summed E-state index contributed by atoms with van der Waals surface area (Å²) in [4.78, 5) is 4.91. The van der Waals surface area contributed by atoms with Crippen LogP contribution in [0.25, 0.3) is 0 Å². The standard InChI is InChI=1S/C16H27N3/c1-2-6-16-18-14-11-17-10-9-15(14)19(16)12-13-7-4-3-5-8-13/h13,17H,2-12H2,1H3. The van der Waals surface area contributed by atoms with Crippen LogP contribution in [0.2, 0.25) is 0 Å². The Kier molecular flexibility index (Phi) is 4.21. The Morgan fingerprint density at radius 3 is 2.89 bits per heavy atom. The average molecular weight is 261 g/mol. The molecule has 0 bridgehead atoms. The zero-order valence-corrected chi connectivity index (χ0v) is 12.2. The summed E-state index contributed by atoms with van der Waals surface area (Å²) in [5.74, 6) is 2.25. The fourth-order valence-corrected chi connectivity index (χ4v) is 3.68. The first-order chi connectivity index (χ1) is 9.38. The molecule has 1 aliphatic heterocycles. The number of rotatable bonds is 4. The van der Waals surface area contributed by atoms with Gasteiger partial charge in [-0.25, -0.2) is 4.98 Å². The molecule has 2 aliphatic rings. The summed E-state index contributed by atoms with van der Waals surface area (Å²) in [5, 5.41) is 3.45. The molecular weight excluding hydrogens is 234 g/mol. The van der Waals surface area contributed by atoms with Crippen molar-refractivity contribution in [2.45, 2.75) is 71.4 Å². The zero-order chi connectivity index (χ0) is 13.1. The van der Waals surface area contributed by atoms with Crippen LogP contribution in [-0.4, -0.2) is 16.1 Å². The highest BCUT2D eigenvalue weighted by Gasteiger charge is 2.22. The van der Waals surface area contributed by atoms with E-state index < -0.39 is 0 Å². The maximum atomic E-state index is 4.91. The summed E-state index contributed by atoms with van der Waals surface area (Å²) in [6, 6.07) is 0. The van der Waals surface area contributed by atoms with Crippen LogP contribution in [0.1, 0.15) is 62.7 Å². The molecule has 3 rings (SSSR count). The van der Waals surface area contributed by atoms with E-state index >= 15 is 0 Å². The lowest BCUT2D eigenvalue weighted by Crippen LogP contribution is -2.26. The van der Waals surface area contributed by atoms with Gasteiger partial charge in [0, 0.05) is 38.2 Å². The van der Waals surface area contributed by atoms with Gasteiger partial charge in [0.2, 0.25) is 0 Å². The van der Waals surface area contributed by atoms with Crippen molar-refractivity contribution in [2.75, 3.05) is 6.54 Å². The molecule has 1 aromatic heterocycles. The highest BCUT2D eigenvalue weighted by atomic mass is 15.1. The van der Waals surface area contributed by atoms with Crippen molar-refractivity contribution in [3.63, 3.8) is 0 Å². The first kappa shape index (κ1) is 13.2. The molecule has 1 saturated carbocycles. The van der Waals surface area contributed by atoms with Crippen LogP contribution in [-0.2, 0) is 25.9 Å². The molecule has 0 spiro atoms. The van der Waals surface area contributed by atoms with Crippen molar-refractivity contribution in [3.05, 3.63) is 17.2 Å². The molecule has 0 aromatic carbocycles. The van der Waals surface area contributed by atoms with E-state index in [-0.39, 0.29) is 0 Å². The second-order valence-corrected chi connectivity index (χ2v) is 6.21. The van der Waals surface area contributed by atoms with Crippen LogP contribution in [0.3, 0.4) is 0 Å². The number of aryl methyl sites for hydroxylation is 1.